The highest BCUT2D eigenvalue weighted by Gasteiger charge is 2.13. The third kappa shape index (κ3) is 5.92. The van der Waals surface area contributed by atoms with Gasteiger partial charge in [-0.05, 0) is 24.5 Å². The van der Waals surface area contributed by atoms with Crippen LogP contribution in [0, 0.1) is 5.92 Å². The van der Waals surface area contributed by atoms with Gasteiger partial charge in [0.25, 0.3) is 0 Å². The zero-order chi connectivity index (χ0) is 11.1. The fraction of sp³-hybridized carbons (Fsp3) is 0.909. The van der Waals surface area contributed by atoms with Gasteiger partial charge in [-0.25, -0.2) is 0 Å². The number of thioether (sulfide) groups is 1. The Hall–Kier alpha value is -0.380. The first-order chi connectivity index (χ1) is 7.18. The van der Waals surface area contributed by atoms with Crippen LogP contribution in [0.4, 0.5) is 0 Å². The van der Waals surface area contributed by atoms with E-state index in [2.05, 4.69) is 35.9 Å². The molecule has 1 aliphatic heterocycles. The minimum atomic E-state index is 0.578. The van der Waals surface area contributed by atoms with Crippen molar-refractivity contribution in [2.75, 3.05) is 18.8 Å². The fourth-order valence-corrected chi connectivity index (χ4v) is 2.76. The molecule has 88 valence electrons. The average molecular weight is 229 g/mol. The van der Waals surface area contributed by atoms with E-state index in [0.717, 1.165) is 18.3 Å². The van der Waals surface area contributed by atoms with Crippen molar-refractivity contribution in [1.82, 2.24) is 5.32 Å². The van der Waals surface area contributed by atoms with Gasteiger partial charge in [0.1, 0.15) is 0 Å². The molecule has 1 fully saturated rings. The molecule has 15 heavy (non-hydrogen) atoms. The summed E-state index contributed by atoms with van der Waals surface area (Å²) < 4.78 is 0. The van der Waals surface area contributed by atoms with E-state index in [1.807, 2.05) is 0 Å². The molecule has 1 saturated heterocycles. The Morgan fingerprint density at radius 2 is 2.33 bits per heavy atom. The molecule has 1 unspecified atom stereocenters. The second-order valence-corrected chi connectivity index (χ2v) is 5.90. The van der Waals surface area contributed by atoms with Crippen molar-refractivity contribution in [3.63, 3.8) is 0 Å². The molecule has 3 nitrogen and oxygen atoms in total. The van der Waals surface area contributed by atoms with Gasteiger partial charge >= 0.3 is 0 Å². The van der Waals surface area contributed by atoms with E-state index in [-0.39, 0.29) is 0 Å². The van der Waals surface area contributed by atoms with Gasteiger partial charge in [-0.3, -0.25) is 4.99 Å². The lowest BCUT2D eigenvalue weighted by molar-refractivity contribution is 0.640. The van der Waals surface area contributed by atoms with Gasteiger partial charge in [0, 0.05) is 18.3 Å². The molecular formula is C11H23N3S. The normalized spacial score (nSPS) is 23.1. The Labute approximate surface area is 97.3 Å². The van der Waals surface area contributed by atoms with Gasteiger partial charge in [-0.15, -0.1) is 0 Å². The fourth-order valence-electron chi connectivity index (χ4n) is 1.52. The molecule has 0 saturated carbocycles. The van der Waals surface area contributed by atoms with Crippen LogP contribution >= 0.6 is 11.8 Å². The van der Waals surface area contributed by atoms with Gasteiger partial charge < -0.3 is 11.1 Å². The first kappa shape index (κ1) is 12.7. The molecule has 0 spiro atoms. The standard InChI is InChI=1S/C11H23N3S/c1-9(2)7-13-11(12)14-8-10-5-3-4-6-15-10/h9-10H,3-8H2,1-2H3,(H3,12,13,14). The first-order valence-corrected chi connectivity index (χ1v) is 6.88. The van der Waals surface area contributed by atoms with Crippen molar-refractivity contribution in [1.29, 1.82) is 0 Å². The second kappa shape index (κ2) is 6.99. The molecule has 0 aliphatic carbocycles. The number of guanidine groups is 1. The zero-order valence-corrected chi connectivity index (χ0v) is 10.6. The summed E-state index contributed by atoms with van der Waals surface area (Å²) in [5.74, 6) is 2.49. The van der Waals surface area contributed by atoms with Crippen LogP contribution in [0.2, 0.25) is 0 Å². The van der Waals surface area contributed by atoms with E-state index in [1.165, 1.54) is 25.0 Å². The number of nitrogens with two attached hydrogens (primary N) is 1. The number of hydrogen-bond donors (Lipinski definition) is 2. The van der Waals surface area contributed by atoms with Crippen molar-refractivity contribution in [2.24, 2.45) is 16.6 Å². The van der Waals surface area contributed by atoms with Gasteiger partial charge in [-0.1, -0.05) is 20.3 Å². The lowest BCUT2D eigenvalue weighted by Gasteiger charge is -2.21. The number of nitrogens with zero attached hydrogens (tertiary/aromatic N) is 1. The van der Waals surface area contributed by atoms with E-state index in [9.17, 15) is 0 Å². The summed E-state index contributed by atoms with van der Waals surface area (Å²) in [7, 11) is 0. The molecule has 0 amide bonds. The maximum absolute atomic E-state index is 5.77. The maximum atomic E-state index is 5.77. The van der Waals surface area contributed by atoms with Gasteiger partial charge in [0.2, 0.25) is 0 Å². The van der Waals surface area contributed by atoms with E-state index in [1.54, 1.807) is 0 Å². The summed E-state index contributed by atoms with van der Waals surface area (Å²) in [6.07, 6.45) is 4.05. The summed E-state index contributed by atoms with van der Waals surface area (Å²) in [6.45, 7) is 6.08. The maximum Gasteiger partial charge on any atom is 0.188 e. The highest BCUT2D eigenvalue weighted by atomic mass is 32.2. The van der Waals surface area contributed by atoms with Gasteiger partial charge in [-0.2, -0.15) is 11.8 Å². The average Bonchev–Trinajstić information content (AvgIpc) is 2.25. The van der Waals surface area contributed by atoms with Gasteiger partial charge in [0.05, 0.1) is 0 Å². The summed E-state index contributed by atoms with van der Waals surface area (Å²) in [5, 5.41) is 3.94. The predicted octanol–water partition coefficient (Wildman–Crippen LogP) is 1.83. The second-order valence-electron chi connectivity index (χ2n) is 4.49. The molecule has 0 bridgehead atoms. The zero-order valence-electron chi connectivity index (χ0n) is 9.83. The summed E-state index contributed by atoms with van der Waals surface area (Å²) >= 11 is 2.06. The highest BCUT2D eigenvalue weighted by Crippen LogP contribution is 2.24. The van der Waals surface area contributed by atoms with E-state index in [4.69, 9.17) is 5.73 Å². The van der Waals surface area contributed by atoms with Crippen LogP contribution in [-0.2, 0) is 0 Å². The summed E-state index contributed by atoms with van der Waals surface area (Å²) in [5.41, 5.74) is 5.77. The SMILES string of the molecule is CC(C)CN=C(N)NCC1CCCCS1. The molecule has 0 aromatic rings. The predicted molar refractivity (Wildman–Crippen MR) is 69.4 cm³/mol. The van der Waals surface area contributed by atoms with Crippen LogP contribution in [0.25, 0.3) is 0 Å². The highest BCUT2D eigenvalue weighted by molar-refractivity contribution is 7.99. The van der Waals surface area contributed by atoms with E-state index in [0.29, 0.717) is 11.9 Å². The Morgan fingerprint density at radius 1 is 1.53 bits per heavy atom. The lowest BCUT2D eigenvalue weighted by Crippen LogP contribution is -2.37. The minimum absolute atomic E-state index is 0.578. The molecule has 4 heteroatoms. The molecule has 1 heterocycles. The molecule has 3 N–H and O–H groups in total. The number of rotatable bonds is 4. The topological polar surface area (TPSA) is 50.4 Å². The van der Waals surface area contributed by atoms with Crippen LogP contribution < -0.4 is 11.1 Å². The largest absolute Gasteiger partial charge is 0.370 e. The molecule has 1 aliphatic rings. The molecule has 1 atom stereocenters. The van der Waals surface area contributed by atoms with Gasteiger partial charge in [0.15, 0.2) is 5.96 Å². The van der Waals surface area contributed by atoms with Crippen molar-refractivity contribution in [2.45, 2.75) is 38.4 Å². The molecule has 1 rings (SSSR count). The van der Waals surface area contributed by atoms with Crippen LogP contribution in [0.1, 0.15) is 33.1 Å². The van der Waals surface area contributed by atoms with Crippen molar-refractivity contribution in [3.05, 3.63) is 0 Å². The Morgan fingerprint density at radius 3 is 2.93 bits per heavy atom. The van der Waals surface area contributed by atoms with Crippen LogP contribution in [0.15, 0.2) is 4.99 Å². The molecular weight excluding hydrogens is 206 g/mol. The van der Waals surface area contributed by atoms with E-state index >= 15 is 0 Å². The number of nitrogens with one attached hydrogen (secondary N) is 1. The third-order valence-electron chi connectivity index (χ3n) is 2.41. The first-order valence-electron chi connectivity index (χ1n) is 5.84. The quantitative estimate of drug-likeness (QED) is 0.571. The number of hydrogen-bond acceptors (Lipinski definition) is 2. The molecule has 0 aromatic carbocycles. The van der Waals surface area contributed by atoms with E-state index < -0.39 is 0 Å². The summed E-state index contributed by atoms with van der Waals surface area (Å²) in [4.78, 5) is 4.28. The number of aliphatic imine (C=N–C) groups is 1. The molecule has 0 radical (unpaired) electrons. The van der Waals surface area contributed by atoms with Crippen LogP contribution in [0.5, 0.6) is 0 Å². The lowest BCUT2D eigenvalue weighted by atomic mass is 10.2. The van der Waals surface area contributed by atoms with Crippen molar-refractivity contribution in [3.8, 4) is 0 Å². The molecule has 0 aromatic heterocycles. The Kier molecular flexibility index (Phi) is 5.91. The van der Waals surface area contributed by atoms with Crippen molar-refractivity contribution < 1.29 is 0 Å². The summed E-state index contributed by atoms with van der Waals surface area (Å²) in [6, 6.07) is 0. The minimum Gasteiger partial charge on any atom is -0.370 e. The Balaban J connectivity index is 2.14. The van der Waals surface area contributed by atoms with Crippen molar-refractivity contribution >= 4 is 17.7 Å². The van der Waals surface area contributed by atoms with Crippen LogP contribution in [0.3, 0.4) is 0 Å². The monoisotopic (exact) mass is 229 g/mol. The van der Waals surface area contributed by atoms with Crippen LogP contribution in [-0.4, -0.2) is 30.1 Å². The third-order valence-corrected chi connectivity index (χ3v) is 3.81. The smallest absolute Gasteiger partial charge is 0.188 e. The Bertz CT molecular complexity index is 198.